The topological polar surface area (TPSA) is 92.5 Å². The third-order valence-corrected chi connectivity index (χ3v) is 6.05. The first-order valence-electron chi connectivity index (χ1n) is 11.9. The summed E-state index contributed by atoms with van der Waals surface area (Å²) in [4.78, 5) is 42.4. The van der Waals surface area contributed by atoms with Crippen LogP contribution in [0.3, 0.4) is 0 Å². The Hall–Kier alpha value is -4.02. The number of aromatic nitrogens is 2. The van der Waals surface area contributed by atoms with Crippen molar-refractivity contribution in [2.75, 3.05) is 13.7 Å². The first kappa shape index (κ1) is 26.6. The average molecular weight is 486 g/mol. The predicted octanol–water partition coefficient (Wildman–Crippen LogP) is 2.98. The maximum atomic E-state index is 12.8. The van der Waals surface area contributed by atoms with Crippen LogP contribution in [0.25, 0.3) is 0 Å². The standard InChI is InChI=1S/C29H31N3O4/c1-4-25(34)28(26(35)20-33)32(3)29(36)24-16-14-23(15-17-24)13-12-22-10-8-21(9-11-22)6-5-7-27-30-18-19-31(27)2/h8-11,14-19,28,33H,4-7,20H2,1-3H3. The van der Waals surface area contributed by atoms with Crippen LogP contribution in [0.2, 0.25) is 0 Å². The second kappa shape index (κ2) is 12.6. The first-order chi connectivity index (χ1) is 17.3. The molecule has 0 saturated carbocycles. The number of aliphatic hydroxyl groups is 1. The molecule has 0 spiro atoms. The van der Waals surface area contributed by atoms with Crippen molar-refractivity contribution in [3.8, 4) is 11.8 Å². The molecule has 1 aromatic heterocycles. The molecule has 186 valence electrons. The molecule has 1 atom stereocenters. The molecule has 1 unspecified atom stereocenters. The monoisotopic (exact) mass is 485 g/mol. The molecule has 0 aliphatic rings. The molecule has 3 aromatic rings. The zero-order valence-corrected chi connectivity index (χ0v) is 20.9. The molecule has 0 aliphatic carbocycles. The highest BCUT2D eigenvalue weighted by molar-refractivity contribution is 6.10. The minimum atomic E-state index is -1.29. The van der Waals surface area contributed by atoms with Crippen molar-refractivity contribution < 1.29 is 19.5 Å². The van der Waals surface area contributed by atoms with Gasteiger partial charge in [-0.3, -0.25) is 14.4 Å². The van der Waals surface area contributed by atoms with E-state index in [1.165, 1.54) is 12.6 Å². The van der Waals surface area contributed by atoms with Crippen LogP contribution in [0.15, 0.2) is 60.9 Å². The molecule has 1 heterocycles. The van der Waals surface area contributed by atoms with Gasteiger partial charge in [0.15, 0.2) is 17.6 Å². The second-order valence-electron chi connectivity index (χ2n) is 8.60. The molecule has 36 heavy (non-hydrogen) atoms. The summed E-state index contributed by atoms with van der Waals surface area (Å²) in [6, 6.07) is 13.6. The number of carbonyl (C=O) groups is 3. The van der Waals surface area contributed by atoms with Crippen LogP contribution in [0.4, 0.5) is 0 Å². The fraction of sp³-hybridized carbons (Fsp3) is 0.310. The summed E-state index contributed by atoms with van der Waals surface area (Å²) in [6.07, 6.45) is 6.80. The average Bonchev–Trinajstić information content (AvgIpc) is 3.32. The van der Waals surface area contributed by atoms with E-state index in [1.807, 2.05) is 36.1 Å². The lowest BCUT2D eigenvalue weighted by atomic mass is 10.0. The summed E-state index contributed by atoms with van der Waals surface area (Å²) in [5.41, 5.74) is 3.21. The summed E-state index contributed by atoms with van der Waals surface area (Å²) in [7, 11) is 3.40. The highest BCUT2D eigenvalue weighted by Crippen LogP contribution is 2.12. The number of benzene rings is 2. The van der Waals surface area contributed by atoms with E-state index in [9.17, 15) is 19.5 Å². The molecule has 0 aliphatic heterocycles. The Morgan fingerprint density at radius 2 is 1.58 bits per heavy atom. The van der Waals surface area contributed by atoms with E-state index in [0.717, 1.165) is 41.1 Å². The Morgan fingerprint density at radius 3 is 2.11 bits per heavy atom. The van der Waals surface area contributed by atoms with Crippen LogP contribution < -0.4 is 0 Å². The van der Waals surface area contributed by atoms with Gasteiger partial charge < -0.3 is 14.6 Å². The largest absolute Gasteiger partial charge is 0.388 e. The Bertz CT molecular complexity index is 1250. The lowest BCUT2D eigenvalue weighted by molar-refractivity contribution is -0.134. The number of carbonyl (C=O) groups excluding carboxylic acids is 3. The molecule has 1 amide bonds. The highest BCUT2D eigenvalue weighted by atomic mass is 16.3. The van der Waals surface area contributed by atoms with Crippen LogP contribution in [0.5, 0.6) is 0 Å². The molecule has 7 heteroatoms. The Kier molecular flexibility index (Phi) is 9.32. The van der Waals surface area contributed by atoms with Gasteiger partial charge in [0.25, 0.3) is 5.91 Å². The van der Waals surface area contributed by atoms with Gasteiger partial charge >= 0.3 is 0 Å². The number of aliphatic hydroxyl groups excluding tert-OH is 1. The van der Waals surface area contributed by atoms with Crippen molar-refractivity contribution in [2.24, 2.45) is 7.05 Å². The number of hydrogen-bond acceptors (Lipinski definition) is 5. The third-order valence-electron chi connectivity index (χ3n) is 6.05. The first-order valence-corrected chi connectivity index (χ1v) is 11.9. The lowest BCUT2D eigenvalue weighted by Crippen LogP contribution is -2.48. The lowest BCUT2D eigenvalue weighted by Gasteiger charge is -2.25. The minimum Gasteiger partial charge on any atom is -0.388 e. The van der Waals surface area contributed by atoms with Crippen molar-refractivity contribution in [1.29, 1.82) is 0 Å². The molecule has 0 radical (unpaired) electrons. The fourth-order valence-electron chi connectivity index (χ4n) is 3.90. The zero-order chi connectivity index (χ0) is 26.1. The summed E-state index contributed by atoms with van der Waals surface area (Å²) in [5, 5.41) is 9.18. The molecule has 0 bridgehead atoms. The molecule has 0 saturated heterocycles. The normalized spacial score (nSPS) is 11.3. The van der Waals surface area contributed by atoms with Crippen LogP contribution in [0, 0.1) is 11.8 Å². The molecule has 0 fully saturated rings. The van der Waals surface area contributed by atoms with Gasteiger partial charge in [0.2, 0.25) is 0 Å². The highest BCUT2D eigenvalue weighted by Gasteiger charge is 2.32. The number of amides is 1. The van der Waals surface area contributed by atoms with E-state index in [1.54, 1.807) is 31.2 Å². The molecule has 3 rings (SSSR count). The Morgan fingerprint density at radius 1 is 0.972 bits per heavy atom. The van der Waals surface area contributed by atoms with E-state index < -0.39 is 30.1 Å². The summed E-state index contributed by atoms with van der Waals surface area (Å²) >= 11 is 0. The van der Waals surface area contributed by atoms with E-state index in [4.69, 9.17) is 0 Å². The third kappa shape index (κ3) is 6.77. The molecular formula is C29H31N3O4. The number of Topliss-reactive ketones (excluding diaryl/α,β-unsaturated/α-hetero) is 2. The number of nitrogens with zero attached hydrogens (tertiary/aromatic N) is 3. The fourth-order valence-corrected chi connectivity index (χ4v) is 3.90. The molecule has 2 aromatic carbocycles. The van der Waals surface area contributed by atoms with Crippen molar-refractivity contribution in [3.05, 3.63) is 89.0 Å². The Balaban J connectivity index is 1.60. The van der Waals surface area contributed by atoms with Crippen LogP contribution >= 0.6 is 0 Å². The van der Waals surface area contributed by atoms with Gasteiger partial charge in [0, 0.05) is 56.0 Å². The number of imidazole rings is 1. The SMILES string of the molecule is CCC(=O)C(C(=O)CO)N(C)C(=O)c1ccc(C#Cc2ccc(CCCc3nccn3C)cc2)cc1. The van der Waals surface area contributed by atoms with Gasteiger partial charge in [-0.05, 0) is 54.8 Å². The minimum absolute atomic E-state index is 0.0919. The van der Waals surface area contributed by atoms with E-state index in [2.05, 4.69) is 29.0 Å². The molecule has 7 nitrogen and oxygen atoms in total. The van der Waals surface area contributed by atoms with Crippen molar-refractivity contribution in [1.82, 2.24) is 14.5 Å². The number of hydrogen-bond donors (Lipinski definition) is 1. The number of ketones is 2. The predicted molar refractivity (Wildman–Crippen MR) is 137 cm³/mol. The van der Waals surface area contributed by atoms with Gasteiger partial charge in [-0.1, -0.05) is 30.9 Å². The van der Waals surface area contributed by atoms with Gasteiger partial charge in [0.1, 0.15) is 12.4 Å². The Labute approximate surface area is 211 Å². The quantitative estimate of drug-likeness (QED) is 0.352. The van der Waals surface area contributed by atoms with Gasteiger partial charge in [-0.25, -0.2) is 4.98 Å². The summed E-state index contributed by atoms with van der Waals surface area (Å²) < 4.78 is 2.04. The molecule has 1 N–H and O–H groups in total. The van der Waals surface area contributed by atoms with Gasteiger partial charge in [0.05, 0.1) is 0 Å². The zero-order valence-electron chi connectivity index (χ0n) is 20.9. The second-order valence-corrected chi connectivity index (χ2v) is 8.60. The van der Waals surface area contributed by atoms with Gasteiger partial charge in [-0.2, -0.15) is 0 Å². The number of aryl methyl sites for hydroxylation is 3. The van der Waals surface area contributed by atoms with Crippen molar-refractivity contribution >= 4 is 17.5 Å². The number of rotatable bonds is 10. The summed E-state index contributed by atoms with van der Waals surface area (Å²) in [5.74, 6) is 5.74. The van der Waals surface area contributed by atoms with Gasteiger partial charge in [-0.15, -0.1) is 0 Å². The smallest absolute Gasteiger partial charge is 0.254 e. The summed E-state index contributed by atoms with van der Waals surface area (Å²) in [6.45, 7) is 0.817. The van der Waals surface area contributed by atoms with Crippen LogP contribution in [-0.4, -0.2) is 56.7 Å². The number of likely N-dealkylation sites (N-methyl/N-ethyl adjacent to an activating group) is 1. The van der Waals surface area contributed by atoms with E-state index >= 15 is 0 Å². The van der Waals surface area contributed by atoms with E-state index in [0.29, 0.717) is 5.56 Å². The van der Waals surface area contributed by atoms with Crippen LogP contribution in [-0.2, 0) is 29.5 Å². The maximum Gasteiger partial charge on any atom is 0.254 e. The van der Waals surface area contributed by atoms with Crippen molar-refractivity contribution in [3.63, 3.8) is 0 Å². The van der Waals surface area contributed by atoms with E-state index in [-0.39, 0.29) is 6.42 Å². The van der Waals surface area contributed by atoms with Crippen molar-refractivity contribution in [2.45, 2.75) is 38.6 Å². The molecular weight excluding hydrogens is 454 g/mol. The van der Waals surface area contributed by atoms with Crippen LogP contribution in [0.1, 0.15) is 52.6 Å². The maximum absolute atomic E-state index is 12.8.